The van der Waals surface area contributed by atoms with Crippen LogP contribution in [-0.4, -0.2) is 37.4 Å². The summed E-state index contributed by atoms with van der Waals surface area (Å²) in [5, 5.41) is 4.72. The van der Waals surface area contributed by atoms with Gasteiger partial charge in [0, 0.05) is 30.7 Å². The lowest BCUT2D eigenvalue weighted by Crippen LogP contribution is -2.27. The zero-order valence-electron chi connectivity index (χ0n) is 13.0. The zero-order chi connectivity index (χ0) is 16.7. The molecular weight excluding hydrogens is 312 g/mol. The summed E-state index contributed by atoms with van der Waals surface area (Å²) in [6.45, 7) is -0.0116. The van der Waals surface area contributed by atoms with Gasteiger partial charge in [0.05, 0.1) is 0 Å². The molecule has 0 aliphatic carbocycles. The Morgan fingerprint density at radius 2 is 1.96 bits per heavy atom. The van der Waals surface area contributed by atoms with Gasteiger partial charge in [-0.3, -0.25) is 9.59 Å². The molecule has 0 saturated carbocycles. The van der Waals surface area contributed by atoms with Crippen LogP contribution in [0.2, 0.25) is 0 Å². The van der Waals surface area contributed by atoms with Gasteiger partial charge < -0.3 is 15.0 Å². The Hall–Kier alpha value is -2.60. The average Bonchev–Trinajstić information content (AvgIpc) is 3.05. The van der Waals surface area contributed by atoms with Gasteiger partial charge in [0.1, 0.15) is 5.75 Å². The molecule has 23 heavy (non-hydrogen) atoms. The normalized spacial score (nSPS) is 10.5. The SMILES string of the molecule is CN(C)C(=O)COc1ccc(NC(=O)/C=C/c2cccs2)cc1. The van der Waals surface area contributed by atoms with Crippen molar-refractivity contribution in [2.45, 2.75) is 0 Å². The van der Waals surface area contributed by atoms with E-state index in [9.17, 15) is 9.59 Å². The molecule has 1 aromatic carbocycles. The first-order valence-corrected chi connectivity index (χ1v) is 7.88. The lowest BCUT2D eigenvalue weighted by Gasteiger charge is -2.11. The van der Waals surface area contributed by atoms with Crippen molar-refractivity contribution in [3.05, 3.63) is 52.7 Å². The number of benzene rings is 1. The molecule has 2 rings (SSSR count). The number of ether oxygens (including phenoxy) is 1. The summed E-state index contributed by atoms with van der Waals surface area (Å²) in [6, 6.07) is 10.7. The van der Waals surface area contributed by atoms with E-state index >= 15 is 0 Å². The second kappa shape index (κ2) is 8.14. The number of carbonyl (C=O) groups excluding carboxylic acids is 2. The summed E-state index contributed by atoms with van der Waals surface area (Å²) in [5.74, 6) is 0.267. The fourth-order valence-corrected chi connectivity index (χ4v) is 2.25. The molecular formula is C17H18N2O3S. The van der Waals surface area contributed by atoms with Crippen molar-refractivity contribution in [1.29, 1.82) is 0 Å². The van der Waals surface area contributed by atoms with Crippen molar-refractivity contribution in [1.82, 2.24) is 4.90 Å². The number of likely N-dealkylation sites (N-methyl/N-ethyl adjacent to an activating group) is 1. The largest absolute Gasteiger partial charge is 0.484 e. The highest BCUT2D eigenvalue weighted by Crippen LogP contribution is 2.16. The van der Waals surface area contributed by atoms with Crippen LogP contribution in [0.25, 0.3) is 6.08 Å². The van der Waals surface area contributed by atoms with Crippen molar-refractivity contribution >= 4 is 34.9 Å². The molecule has 0 bridgehead atoms. The first-order chi connectivity index (χ1) is 11.0. The van der Waals surface area contributed by atoms with Gasteiger partial charge in [-0.2, -0.15) is 0 Å². The highest BCUT2D eigenvalue weighted by molar-refractivity contribution is 7.10. The Morgan fingerprint density at radius 1 is 1.22 bits per heavy atom. The molecule has 2 amide bonds. The van der Waals surface area contributed by atoms with E-state index in [1.54, 1.807) is 55.8 Å². The summed E-state index contributed by atoms with van der Waals surface area (Å²) in [6.07, 6.45) is 3.26. The van der Waals surface area contributed by atoms with Crippen LogP contribution >= 0.6 is 11.3 Å². The number of thiophene rings is 1. The van der Waals surface area contributed by atoms with Gasteiger partial charge in [-0.25, -0.2) is 0 Å². The van der Waals surface area contributed by atoms with Gasteiger partial charge in [0.2, 0.25) is 5.91 Å². The molecule has 0 fully saturated rings. The first-order valence-electron chi connectivity index (χ1n) is 7.00. The van der Waals surface area contributed by atoms with Crippen molar-refractivity contribution < 1.29 is 14.3 Å². The number of hydrogen-bond donors (Lipinski definition) is 1. The van der Waals surface area contributed by atoms with Crippen LogP contribution < -0.4 is 10.1 Å². The second-order valence-corrected chi connectivity index (χ2v) is 5.92. The van der Waals surface area contributed by atoms with Crippen LogP contribution in [0.1, 0.15) is 4.88 Å². The molecule has 0 radical (unpaired) electrons. The molecule has 0 aliphatic heterocycles. The number of nitrogens with zero attached hydrogens (tertiary/aromatic N) is 1. The predicted octanol–water partition coefficient (Wildman–Crippen LogP) is 2.87. The van der Waals surface area contributed by atoms with E-state index in [0.717, 1.165) is 4.88 Å². The monoisotopic (exact) mass is 330 g/mol. The maximum absolute atomic E-state index is 11.8. The highest BCUT2D eigenvalue weighted by Gasteiger charge is 2.05. The van der Waals surface area contributed by atoms with Crippen molar-refractivity contribution in [3.63, 3.8) is 0 Å². The van der Waals surface area contributed by atoms with Crippen LogP contribution in [0.15, 0.2) is 47.9 Å². The van der Waals surface area contributed by atoms with Crippen LogP contribution in [0.5, 0.6) is 5.75 Å². The third-order valence-corrected chi connectivity index (χ3v) is 3.76. The predicted molar refractivity (Wildman–Crippen MR) is 92.6 cm³/mol. The average molecular weight is 330 g/mol. The van der Waals surface area contributed by atoms with Crippen LogP contribution in [0.3, 0.4) is 0 Å². The van der Waals surface area contributed by atoms with E-state index in [4.69, 9.17) is 4.74 Å². The van der Waals surface area contributed by atoms with E-state index < -0.39 is 0 Å². The lowest BCUT2D eigenvalue weighted by atomic mass is 10.3. The van der Waals surface area contributed by atoms with E-state index in [2.05, 4.69) is 5.32 Å². The van der Waals surface area contributed by atoms with Gasteiger partial charge >= 0.3 is 0 Å². The Bertz CT molecular complexity index is 676. The van der Waals surface area contributed by atoms with Gasteiger partial charge in [-0.05, 0) is 41.8 Å². The molecule has 5 nitrogen and oxygen atoms in total. The Morgan fingerprint density at radius 3 is 2.57 bits per heavy atom. The van der Waals surface area contributed by atoms with Crippen LogP contribution in [0.4, 0.5) is 5.69 Å². The van der Waals surface area contributed by atoms with Gasteiger partial charge in [-0.15, -0.1) is 11.3 Å². The molecule has 0 unspecified atom stereocenters. The summed E-state index contributed by atoms with van der Waals surface area (Å²) < 4.78 is 5.37. The van der Waals surface area contributed by atoms with Gasteiger partial charge in [0.25, 0.3) is 5.91 Å². The second-order valence-electron chi connectivity index (χ2n) is 4.94. The minimum atomic E-state index is -0.199. The van der Waals surface area contributed by atoms with E-state index in [-0.39, 0.29) is 18.4 Å². The molecule has 120 valence electrons. The summed E-state index contributed by atoms with van der Waals surface area (Å²) in [5.41, 5.74) is 0.664. The smallest absolute Gasteiger partial charge is 0.259 e. The number of amides is 2. The topological polar surface area (TPSA) is 58.6 Å². The number of hydrogen-bond acceptors (Lipinski definition) is 4. The lowest BCUT2D eigenvalue weighted by molar-refractivity contribution is -0.130. The molecule has 1 heterocycles. The molecule has 0 atom stereocenters. The maximum atomic E-state index is 11.8. The number of rotatable bonds is 6. The molecule has 1 N–H and O–H groups in total. The summed E-state index contributed by atoms with van der Waals surface area (Å²) >= 11 is 1.57. The van der Waals surface area contributed by atoms with Crippen LogP contribution in [-0.2, 0) is 9.59 Å². The minimum absolute atomic E-state index is 0.0116. The minimum Gasteiger partial charge on any atom is -0.484 e. The van der Waals surface area contributed by atoms with Crippen molar-refractivity contribution in [2.24, 2.45) is 0 Å². The molecule has 0 saturated heterocycles. The quantitative estimate of drug-likeness (QED) is 0.829. The highest BCUT2D eigenvalue weighted by atomic mass is 32.1. The fraction of sp³-hybridized carbons (Fsp3) is 0.176. The van der Waals surface area contributed by atoms with E-state index in [0.29, 0.717) is 11.4 Å². The van der Waals surface area contributed by atoms with E-state index in [1.807, 2.05) is 17.5 Å². The molecule has 6 heteroatoms. The Labute approximate surface area is 139 Å². The molecule has 0 spiro atoms. The Balaban J connectivity index is 1.84. The number of carbonyl (C=O) groups is 2. The summed E-state index contributed by atoms with van der Waals surface area (Å²) in [7, 11) is 3.35. The Kier molecular flexibility index (Phi) is 5.94. The van der Waals surface area contributed by atoms with Gasteiger partial charge in [0.15, 0.2) is 6.61 Å². The zero-order valence-corrected chi connectivity index (χ0v) is 13.8. The standard InChI is InChI=1S/C17H18N2O3S/c1-19(2)17(21)12-22-14-7-5-13(6-8-14)18-16(20)10-9-15-4-3-11-23-15/h3-11H,12H2,1-2H3,(H,18,20)/b10-9+. The third kappa shape index (κ3) is 5.60. The maximum Gasteiger partial charge on any atom is 0.259 e. The molecule has 2 aromatic rings. The summed E-state index contributed by atoms with van der Waals surface area (Å²) in [4.78, 5) is 25.7. The fourth-order valence-electron chi connectivity index (χ4n) is 1.64. The van der Waals surface area contributed by atoms with Crippen molar-refractivity contribution in [2.75, 3.05) is 26.0 Å². The molecule has 0 aliphatic rings. The van der Waals surface area contributed by atoms with Crippen LogP contribution in [0, 0.1) is 0 Å². The number of nitrogens with one attached hydrogen (secondary N) is 1. The van der Waals surface area contributed by atoms with E-state index in [1.165, 1.54) is 11.0 Å². The first kappa shape index (κ1) is 16.8. The third-order valence-electron chi connectivity index (χ3n) is 2.93. The number of anilines is 1. The molecule has 1 aromatic heterocycles. The van der Waals surface area contributed by atoms with Gasteiger partial charge in [-0.1, -0.05) is 6.07 Å². The van der Waals surface area contributed by atoms with Crippen molar-refractivity contribution in [3.8, 4) is 5.75 Å².